The second-order valence-corrected chi connectivity index (χ2v) is 12.3. The maximum atomic E-state index is 12.0. The standard InChI is InChI=1S/C24H38B2INO23/c27-25-28-26-51-24-11(37)8(34)15(4(2-30)45-24)47-23-13(39)16(12(38)18(50-23)20(42)43)48-21-10(36)7(33)14(3(1-29)44-21)46-22-9(35)5(31)6(32)17(49-22)19(40)41/h3-18,21-24,28-39H,1-2H2,(H,40,41)(H,42,43). The Bertz CT molecular complexity index is 1150. The number of ether oxygens (including phenoxy) is 7. The Labute approximate surface area is 301 Å². The van der Waals surface area contributed by atoms with Gasteiger partial charge in [0.1, 0.15) is 85.5 Å². The van der Waals surface area contributed by atoms with Crippen molar-refractivity contribution >= 4 is 47.2 Å². The molecule has 24 nitrogen and oxygen atoms in total. The zero-order valence-corrected chi connectivity index (χ0v) is 28.0. The molecule has 0 aromatic carbocycles. The van der Waals surface area contributed by atoms with E-state index >= 15 is 0 Å². The van der Waals surface area contributed by atoms with Crippen molar-refractivity contribution in [1.82, 2.24) is 5.14 Å². The highest BCUT2D eigenvalue weighted by atomic mass is 127. The lowest BCUT2D eigenvalue weighted by atomic mass is 9.95. The minimum absolute atomic E-state index is 0.862. The molecular weight excluding hydrogens is 819 g/mol. The number of halogens is 1. The summed E-state index contributed by atoms with van der Waals surface area (Å²) in [6.07, 6.45) is -39.9. The molecule has 20 atom stereocenters. The molecule has 0 amide bonds. The monoisotopic (exact) mass is 857 g/mol. The average molecular weight is 857 g/mol. The molecule has 4 aliphatic heterocycles. The van der Waals surface area contributed by atoms with E-state index in [-0.39, 0.29) is 0 Å². The molecule has 51 heavy (non-hydrogen) atoms. The maximum Gasteiger partial charge on any atom is 0.385 e. The number of carboxylic acids is 2. The molecule has 2 radical (unpaired) electrons. The zero-order valence-electron chi connectivity index (χ0n) is 25.9. The molecule has 0 saturated carbocycles. The van der Waals surface area contributed by atoms with Crippen molar-refractivity contribution in [3.63, 3.8) is 0 Å². The van der Waals surface area contributed by atoms with E-state index in [0.717, 1.165) is 7.62 Å². The normalized spacial score (nSPS) is 47.8. The van der Waals surface area contributed by atoms with Crippen LogP contribution in [0.3, 0.4) is 0 Å². The molecule has 4 heterocycles. The van der Waals surface area contributed by atoms with Gasteiger partial charge in [0.05, 0.1) is 13.2 Å². The first kappa shape index (κ1) is 42.7. The fraction of sp³-hybridized carbons (Fsp3) is 0.917. The van der Waals surface area contributed by atoms with Crippen molar-refractivity contribution in [2.24, 2.45) is 0 Å². The number of rotatable bonds is 14. The molecule has 0 aromatic rings. The Morgan fingerprint density at radius 3 is 1.45 bits per heavy atom. The summed E-state index contributed by atoms with van der Waals surface area (Å²) in [4.78, 5) is 23.4. The van der Waals surface area contributed by atoms with Gasteiger partial charge in [0.25, 0.3) is 5.27 Å². The van der Waals surface area contributed by atoms with Crippen LogP contribution in [0.1, 0.15) is 0 Å². The lowest BCUT2D eigenvalue weighted by molar-refractivity contribution is -0.384. The Kier molecular flexibility index (Phi) is 15.5. The van der Waals surface area contributed by atoms with E-state index in [4.69, 9.17) is 37.8 Å². The van der Waals surface area contributed by atoms with Gasteiger partial charge in [-0.1, -0.05) is 0 Å². The summed E-state index contributed by atoms with van der Waals surface area (Å²) in [6.45, 7) is -1.90. The number of carbonyl (C=O) groups is 2. The fourth-order valence-corrected chi connectivity index (χ4v) is 5.89. The molecule has 20 unspecified atom stereocenters. The largest absolute Gasteiger partial charge is 0.479 e. The molecule has 0 aliphatic carbocycles. The minimum atomic E-state index is -2.25. The summed E-state index contributed by atoms with van der Waals surface area (Å²) in [5, 5.41) is 138. The molecule has 4 aliphatic rings. The van der Waals surface area contributed by atoms with Gasteiger partial charge < -0.3 is 109 Å². The van der Waals surface area contributed by atoms with Gasteiger partial charge in [0.2, 0.25) is 0 Å². The first-order valence-electron chi connectivity index (χ1n) is 15.1. The number of aliphatic hydroxyl groups excluding tert-OH is 11. The highest BCUT2D eigenvalue weighted by Gasteiger charge is 2.56. The number of aliphatic carboxylic acids is 2. The third-order valence-electron chi connectivity index (χ3n) is 8.45. The molecule has 0 aromatic heterocycles. The van der Waals surface area contributed by atoms with E-state index in [1.807, 2.05) is 22.4 Å². The molecule has 27 heteroatoms. The fourth-order valence-electron chi connectivity index (χ4n) is 5.74. The topological polar surface area (TPSA) is 383 Å². The van der Waals surface area contributed by atoms with Crippen LogP contribution in [0, 0.1) is 0 Å². The average Bonchev–Trinajstić information content (AvgIpc) is 3.09. The van der Waals surface area contributed by atoms with E-state index in [9.17, 15) is 76.0 Å². The zero-order chi connectivity index (χ0) is 37.9. The van der Waals surface area contributed by atoms with Crippen LogP contribution in [0.25, 0.3) is 0 Å². The van der Waals surface area contributed by atoms with E-state index in [1.54, 1.807) is 0 Å². The quantitative estimate of drug-likeness (QED) is 0.0438. The second kappa shape index (κ2) is 18.6. The van der Waals surface area contributed by atoms with Crippen molar-refractivity contribution in [2.45, 2.75) is 123 Å². The van der Waals surface area contributed by atoms with E-state index in [1.165, 1.54) is 5.27 Å². The van der Waals surface area contributed by atoms with Crippen molar-refractivity contribution < 1.29 is 114 Å². The van der Waals surface area contributed by atoms with E-state index in [0.29, 0.717) is 0 Å². The lowest BCUT2D eigenvalue weighted by Gasteiger charge is -2.48. The maximum absolute atomic E-state index is 12.0. The van der Waals surface area contributed by atoms with Gasteiger partial charge >= 0.3 is 19.6 Å². The summed E-state index contributed by atoms with van der Waals surface area (Å²) in [5.74, 6) is -3.57. The Balaban J connectivity index is 1.49. The number of aliphatic hydroxyl groups is 11. The number of nitrogens with one attached hydrogen (secondary N) is 1. The van der Waals surface area contributed by atoms with Gasteiger partial charge in [0.15, 0.2) is 37.4 Å². The van der Waals surface area contributed by atoms with E-state index < -0.39 is 148 Å². The summed E-state index contributed by atoms with van der Waals surface area (Å²) in [7, 11) is 1.00. The predicted molar refractivity (Wildman–Crippen MR) is 163 cm³/mol. The third-order valence-corrected chi connectivity index (χ3v) is 8.81. The van der Waals surface area contributed by atoms with Gasteiger partial charge in [-0.2, -0.15) is 0 Å². The van der Waals surface area contributed by atoms with Gasteiger partial charge in [-0.15, -0.1) is 22.4 Å². The van der Waals surface area contributed by atoms with Crippen LogP contribution in [-0.2, 0) is 47.4 Å². The van der Waals surface area contributed by atoms with Crippen molar-refractivity contribution in [2.75, 3.05) is 13.2 Å². The van der Waals surface area contributed by atoms with Crippen LogP contribution in [0.4, 0.5) is 0 Å². The van der Waals surface area contributed by atoms with Gasteiger partial charge in [-0.3, -0.25) is 0 Å². The summed E-state index contributed by atoms with van der Waals surface area (Å²) in [6, 6.07) is 0. The van der Waals surface area contributed by atoms with Crippen molar-refractivity contribution in [3.8, 4) is 0 Å². The molecule has 14 N–H and O–H groups in total. The Hall–Kier alpha value is -1.00. The van der Waals surface area contributed by atoms with Gasteiger partial charge in [0, 0.05) is 0 Å². The predicted octanol–water partition coefficient (Wildman–Crippen LogP) is -9.45. The molecule has 4 saturated heterocycles. The first-order valence-corrected chi connectivity index (χ1v) is 16.4. The van der Waals surface area contributed by atoms with Crippen molar-refractivity contribution in [3.05, 3.63) is 0 Å². The molecule has 0 bridgehead atoms. The first-order chi connectivity index (χ1) is 24.1. The summed E-state index contributed by atoms with van der Waals surface area (Å²) in [5.41, 5.74) is 0. The highest BCUT2D eigenvalue weighted by molar-refractivity contribution is 14.1. The number of hydrogen-bond acceptors (Lipinski definition) is 22. The molecule has 290 valence electrons. The van der Waals surface area contributed by atoms with Crippen LogP contribution in [0.5, 0.6) is 0 Å². The molecular formula is C24H38B2INO23. The second-order valence-electron chi connectivity index (χ2n) is 11.7. The van der Waals surface area contributed by atoms with Crippen LogP contribution in [0.15, 0.2) is 0 Å². The van der Waals surface area contributed by atoms with Gasteiger partial charge in [-0.25, -0.2) is 9.59 Å². The minimum Gasteiger partial charge on any atom is -0.479 e. The smallest absolute Gasteiger partial charge is 0.385 e. The Morgan fingerprint density at radius 2 is 0.961 bits per heavy atom. The third kappa shape index (κ3) is 9.28. The molecule has 0 spiro atoms. The number of hydrogen-bond donors (Lipinski definition) is 14. The lowest BCUT2D eigenvalue weighted by Crippen LogP contribution is -2.68. The van der Waals surface area contributed by atoms with Gasteiger partial charge in [-0.05, 0) is 0 Å². The summed E-state index contributed by atoms with van der Waals surface area (Å²) < 4.78 is 42.7. The van der Waals surface area contributed by atoms with Crippen LogP contribution >= 0.6 is 22.4 Å². The SMILES string of the molecule is O=C(O)C1OC(OC2C(CO)OC(OC3C(O)C(OC4C(CO)OC(O[B]N[B]I)C(O)C4O)OC(C(=O)O)C3O)C(O)C2O)C(O)C(O)C1O. The molecule has 4 rings (SSSR count). The Morgan fingerprint density at radius 1 is 0.549 bits per heavy atom. The highest BCUT2D eigenvalue weighted by Crippen LogP contribution is 2.34. The van der Waals surface area contributed by atoms with E-state index in [2.05, 4.69) is 5.14 Å². The molecule has 4 fully saturated rings. The van der Waals surface area contributed by atoms with Crippen LogP contribution < -0.4 is 5.14 Å². The summed E-state index contributed by atoms with van der Waals surface area (Å²) >= 11 is 1.82. The van der Waals surface area contributed by atoms with Crippen molar-refractivity contribution in [1.29, 1.82) is 0 Å². The van der Waals surface area contributed by atoms with Crippen LogP contribution in [-0.4, -0.2) is 227 Å². The van der Waals surface area contributed by atoms with Crippen LogP contribution in [0.2, 0.25) is 0 Å². The number of carboxylic acid groups (broad SMARTS) is 2.